The lowest BCUT2D eigenvalue weighted by Crippen LogP contribution is -2.44. The van der Waals surface area contributed by atoms with E-state index in [0.717, 1.165) is 11.1 Å². The lowest BCUT2D eigenvalue weighted by molar-refractivity contribution is 0.184. The standard InChI is InChI=1S/C18H20FNO2S/c1-14-7-9-18(10-8-14)23(21,22)20-12-16(11-17(19)13-20)15-5-3-2-4-6-15/h2-10,16-17H,11-13H2,1H3. The molecule has 0 radical (unpaired) electrons. The zero-order valence-electron chi connectivity index (χ0n) is 13.0. The molecule has 2 aromatic carbocycles. The van der Waals surface area contributed by atoms with Crippen molar-refractivity contribution in [3.63, 3.8) is 0 Å². The van der Waals surface area contributed by atoms with E-state index in [2.05, 4.69) is 0 Å². The van der Waals surface area contributed by atoms with Crippen molar-refractivity contribution in [1.29, 1.82) is 0 Å². The van der Waals surface area contributed by atoms with Gasteiger partial charge in [0.15, 0.2) is 0 Å². The van der Waals surface area contributed by atoms with Gasteiger partial charge < -0.3 is 0 Å². The molecule has 0 aliphatic carbocycles. The van der Waals surface area contributed by atoms with E-state index in [1.165, 1.54) is 4.31 Å². The van der Waals surface area contributed by atoms with Gasteiger partial charge in [-0.15, -0.1) is 0 Å². The van der Waals surface area contributed by atoms with E-state index in [-0.39, 0.29) is 17.4 Å². The van der Waals surface area contributed by atoms with Crippen molar-refractivity contribution in [2.45, 2.75) is 30.3 Å². The molecule has 0 amide bonds. The Morgan fingerprint density at radius 2 is 1.65 bits per heavy atom. The maximum Gasteiger partial charge on any atom is 0.243 e. The molecule has 1 fully saturated rings. The Labute approximate surface area is 136 Å². The van der Waals surface area contributed by atoms with Crippen molar-refractivity contribution in [3.05, 3.63) is 65.7 Å². The number of aryl methyl sites for hydroxylation is 1. The van der Waals surface area contributed by atoms with E-state index < -0.39 is 16.2 Å². The Kier molecular flexibility index (Phi) is 4.50. The topological polar surface area (TPSA) is 37.4 Å². The Morgan fingerprint density at radius 3 is 2.30 bits per heavy atom. The molecule has 3 nitrogen and oxygen atoms in total. The minimum absolute atomic E-state index is 0.0699. The van der Waals surface area contributed by atoms with E-state index >= 15 is 0 Å². The van der Waals surface area contributed by atoms with Gasteiger partial charge >= 0.3 is 0 Å². The zero-order valence-corrected chi connectivity index (χ0v) is 13.8. The number of sulfonamides is 1. The van der Waals surface area contributed by atoms with Gasteiger partial charge in [0.1, 0.15) is 6.17 Å². The smallest absolute Gasteiger partial charge is 0.243 e. The normalized spacial score (nSPS) is 22.9. The first-order valence-corrected chi connectivity index (χ1v) is 9.16. The van der Waals surface area contributed by atoms with E-state index in [0.29, 0.717) is 13.0 Å². The highest BCUT2D eigenvalue weighted by Crippen LogP contribution is 2.31. The van der Waals surface area contributed by atoms with Gasteiger partial charge in [-0.2, -0.15) is 4.31 Å². The maximum absolute atomic E-state index is 14.2. The number of piperidine rings is 1. The largest absolute Gasteiger partial charge is 0.246 e. The fraction of sp³-hybridized carbons (Fsp3) is 0.333. The summed E-state index contributed by atoms with van der Waals surface area (Å²) < 4.78 is 41.0. The molecule has 1 aliphatic heterocycles. The van der Waals surface area contributed by atoms with Crippen molar-refractivity contribution >= 4 is 10.0 Å². The molecule has 0 aromatic heterocycles. The number of benzene rings is 2. The molecular formula is C18H20FNO2S. The molecule has 0 bridgehead atoms. The summed E-state index contributed by atoms with van der Waals surface area (Å²) in [7, 11) is -3.66. The number of rotatable bonds is 3. The van der Waals surface area contributed by atoms with Crippen LogP contribution in [0.3, 0.4) is 0 Å². The minimum atomic E-state index is -3.66. The van der Waals surface area contributed by atoms with Crippen LogP contribution in [0.15, 0.2) is 59.5 Å². The average molecular weight is 333 g/mol. The Morgan fingerprint density at radius 1 is 1.00 bits per heavy atom. The third-order valence-electron chi connectivity index (χ3n) is 4.30. The summed E-state index contributed by atoms with van der Waals surface area (Å²) in [5, 5.41) is 0. The van der Waals surface area contributed by atoms with Gasteiger partial charge in [-0.05, 0) is 31.0 Å². The zero-order chi connectivity index (χ0) is 16.4. The van der Waals surface area contributed by atoms with E-state index in [9.17, 15) is 12.8 Å². The molecule has 1 saturated heterocycles. The van der Waals surface area contributed by atoms with Crippen LogP contribution in [0, 0.1) is 6.92 Å². The Bertz CT molecular complexity index is 759. The van der Waals surface area contributed by atoms with Crippen LogP contribution in [0.2, 0.25) is 0 Å². The molecule has 122 valence electrons. The van der Waals surface area contributed by atoms with Crippen LogP contribution in [0.25, 0.3) is 0 Å². The van der Waals surface area contributed by atoms with Crippen molar-refractivity contribution < 1.29 is 12.8 Å². The number of hydrogen-bond donors (Lipinski definition) is 0. The molecule has 2 aromatic rings. The predicted molar refractivity (Wildman–Crippen MR) is 88.6 cm³/mol. The van der Waals surface area contributed by atoms with Gasteiger partial charge in [0.25, 0.3) is 0 Å². The molecule has 0 saturated carbocycles. The van der Waals surface area contributed by atoms with Gasteiger partial charge in [-0.1, -0.05) is 48.0 Å². The highest BCUT2D eigenvalue weighted by molar-refractivity contribution is 7.89. The lowest BCUT2D eigenvalue weighted by atomic mass is 9.91. The second kappa shape index (κ2) is 6.42. The number of hydrogen-bond acceptors (Lipinski definition) is 2. The van der Waals surface area contributed by atoms with Crippen molar-refractivity contribution in [3.8, 4) is 0 Å². The van der Waals surface area contributed by atoms with Crippen LogP contribution >= 0.6 is 0 Å². The third kappa shape index (κ3) is 3.46. The number of alkyl halides is 1. The Balaban J connectivity index is 1.88. The molecule has 0 spiro atoms. The molecule has 0 N–H and O–H groups in total. The van der Waals surface area contributed by atoms with Gasteiger partial charge in [-0.25, -0.2) is 12.8 Å². The SMILES string of the molecule is Cc1ccc(S(=O)(=O)N2CC(F)CC(c3ccccc3)C2)cc1. The highest BCUT2D eigenvalue weighted by atomic mass is 32.2. The average Bonchev–Trinajstić information content (AvgIpc) is 2.55. The van der Waals surface area contributed by atoms with Crippen LogP contribution in [0.5, 0.6) is 0 Å². The number of halogens is 1. The first-order valence-electron chi connectivity index (χ1n) is 7.72. The van der Waals surface area contributed by atoms with Crippen molar-refractivity contribution in [2.75, 3.05) is 13.1 Å². The molecular weight excluding hydrogens is 313 g/mol. The van der Waals surface area contributed by atoms with Gasteiger partial charge in [-0.3, -0.25) is 0 Å². The van der Waals surface area contributed by atoms with Crippen LogP contribution < -0.4 is 0 Å². The fourth-order valence-corrected chi connectivity index (χ4v) is 4.53. The molecule has 23 heavy (non-hydrogen) atoms. The van der Waals surface area contributed by atoms with Crippen molar-refractivity contribution in [1.82, 2.24) is 4.31 Å². The first kappa shape index (κ1) is 16.1. The fourth-order valence-electron chi connectivity index (χ4n) is 3.02. The summed E-state index contributed by atoms with van der Waals surface area (Å²) in [6.45, 7) is 2.15. The summed E-state index contributed by atoms with van der Waals surface area (Å²) in [6.07, 6.45) is -0.779. The number of nitrogens with zero attached hydrogens (tertiary/aromatic N) is 1. The van der Waals surface area contributed by atoms with Crippen molar-refractivity contribution in [2.24, 2.45) is 0 Å². The van der Waals surface area contributed by atoms with Gasteiger partial charge in [0.05, 0.1) is 4.90 Å². The van der Waals surface area contributed by atoms with Crippen LogP contribution in [0.1, 0.15) is 23.5 Å². The van der Waals surface area contributed by atoms with Gasteiger partial charge in [0.2, 0.25) is 10.0 Å². The molecule has 1 heterocycles. The highest BCUT2D eigenvalue weighted by Gasteiger charge is 2.35. The monoisotopic (exact) mass is 333 g/mol. The summed E-state index contributed by atoms with van der Waals surface area (Å²) in [5.74, 6) is -0.111. The summed E-state index contributed by atoms with van der Waals surface area (Å²) in [5.41, 5.74) is 1.98. The van der Waals surface area contributed by atoms with Crippen LogP contribution in [-0.4, -0.2) is 32.0 Å². The lowest BCUT2D eigenvalue weighted by Gasteiger charge is -2.34. The van der Waals surface area contributed by atoms with E-state index in [4.69, 9.17) is 0 Å². The Hall–Kier alpha value is -1.72. The van der Waals surface area contributed by atoms with Crippen LogP contribution in [0.4, 0.5) is 4.39 Å². The van der Waals surface area contributed by atoms with E-state index in [1.54, 1.807) is 24.3 Å². The molecule has 3 rings (SSSR count). The second-order valence-electron chi connectivity index (χ2n) is 6.08. The molecule has 5 heteroatoms. The summed E-state index contributed by atoms with van der Waals surface area (Å²) in [4.78, 5) is 0.226. The molecule has 1 aliphatic rings. The van der Waals surface area contributed by atoms with Gasteiger partial charge in [0, 0.05) is 19.0 Å². The van der Waals surface area contributed by atoms with Crippen LogP contribution in [-0.2, 0) is 10.0 Å². The minimum Gasteiger partial charge on any atom is -0.246 e. The summed E-state index contributed by atoms with van der Waals surface area (Å²) >= 11 is 0. The van der Waals surface area contributed by atoms with E-state index in [1.807, 2.05) is 37.3 Å². The predicted octanol–water partition coefficient (Wildman–Crippen LogP) is 3.51. The maximum atomic E-state index is 14.2. The molecule has 2 unspecified atom stereocenters. The molecule has 2 atom stereocenters. The quantitative estimate of drug-likeness (QED) is 0.862. The first-order chi connectivity index (χ1) is 11.0. The summed E-state index contributed by atoms with van der Waals surface area (Å²) in [6, 6.07) is 16.3. The second-order valence-corrected chi connectivity index (χ2v) is 8.01. The third-order valence-corrected chi connectivity index (χ3v) is 6.14.